The highest BCUT2D eigenvalue weighted by atomic mass is 16.3. The van der Waals surface area contributed by atoms with Gasteiger partial charge in [0.05, 0.1) is 6.61 Å². The normalized spacial score (nSPS) is 16.6. The molecule has 0 radical (unpaired) electrons. The van der Waals surface area contributed by atoms with Crippen molar-refractivity contribution >= 4 is 0 Å². The van der Waals surface area contributed by atoms with E-state index >= 15 is 0 Å². The van der Waals surface area contributed by atoms with Crippen LogP contribution in [0.1, 0.15) is 27.2 Å². The fourth-order valence-electron chi connectivity index (χ4n) is 1.91. The van der Waals surface area contributed by atoms with E-state index in [9.17, 15) is 5.11 Å². The van der Waals surface area contributed by atoms with Crippen molar-refractivity contribution in [2.45, 2.75) is 39.3 Å². The zero-order chi connectivity index (χ0) is 13.6. The second kappa shape index (κ2) is 7.31. The molecule has 0 amide bonds. The average Bonchev–Trinajstić information content (AvgIpc) is 2.16. The molecule has 0 spiro atoms. The van der Waals surface area contributed by atoms with Crippen LogP contribution in [0, 0.1) is 5.41 Å². The number of aliphatic hydroxyl groups excluding tert-OH is 1. The molecule has 0 rings (SSSR count). The number of likely N-dealkylation sites (N-methyl/N-ethyl adjacent to an activating group) is 1. The van der Waals surface area contributed by atoms with Gasteiger partial charge in [0, 0.05) is 12.1 Å². The largest absolute Gasteiger partial charge is 0.395 e. The van der Waals surface area contributed by atoms with Crippen molar-refractivity contribution in [3.63, 3.8) is 0 Å². The molecule has 104 valence electrons. The fraction of sp³-hybridized carbons (Fsp3) is 1.00. The molecule has 0 aliphatic carbocycles. The molecule has 2 unspecified atom stereocenters. The molecular formula is C13H31N3O. The lowest BCUT2D eigenvalue weighted by Gasteiger charge is -2.38. The number of aliphatic hydroxyl groups is 1. The van der Waals surface area contributed by atoms with Crippen LogP contribution in [0.2, 0.25) is 0 Å². The van der Waals surface area contributed by atoms with Gasteiger partial charge in [-0.05, 0) is 46.1 Å². The van der Waals surface area contributed by atoms with Crippen LogP contribution in [0.5, 0.6) is 0 Å². The van der Waals surface area contributed by atoms with E-state index in [0.717, 1.165) is 19.5 Å². The quantitative estimate of drug-likeness (QED) is 0.690. The summed E-state index contributed by atoms with van der Waals surface area (Å²) < 4.78 is 0. The van der Waals surface area contributed by atoms with E-state index in [-0.39, 0.29) is 24.1 Å². The van der Waals surface area contributed by atoms with Gasteiger partial charge in [-0.2, -0.15) is 0 Å². The summed E-state index contributed by atoms with van der Waals surface area (Å²) in [6.45, 7) is 8.51. The van der Waals surface area contributed by atoms with E-state index in [0.29, 0.717) is 0 Å². The topological polar surface area (TPSA) is 52.7 Å². The minimum Gasteiger partial charge on any atom is -0.395 e. The lowest BCUT2D eigenvalue weighted by Crippen LogP contribution is -2.54. The Morgan fingerprint density at radius 3 is 2.00 bits per heavy atom. The van der Waals surface area contributed by atoms with E-state index in [2.05, 4.69) is 44.7 Å². The Hall–Kier alpha value is -0.160. The van der Waals surface area contributed by atoms with Crippen molar-refractivity contribution in [3.05, 3.63) is 0 Å². The second-order valence-electron chi connectivity index (χ2n) is 6.28. The van der Waals surface area contributed by atoms with Gasteiger partial charge in [0.25, 0.3) is 0 Å². The van der Waals surface area contributed by atoms with Crippen LogP contribution in [0.3, 0.4) is 0 Å². The van der Waals surface area contributed by atoms with Gasteiger partial charge in [-0.3, -0.25) is 4.90 Å². The molecule has 0 aromatic carbocycles. The molecule has 17 heavy (non-hydrogen) atoms. The zero-order valence-corrected chi connectivity index (χ0v) is 12.4. The number of rotatable bonds is 7. The van der Waals surface area contributed by atoms with Gasteiger partial charge in [0.2, 0.25) is 0 Å². The first-order valence-electron chi connectivity index (χ1n) is 6.41. The minimum atomic E-state index is -0.0168. The molecule has 0 saturated heterocycles. The van der Waals surface area contributed by atoms with E-state index in [1.54, 1.807) is 0 Å². The third-order valence-electron chi connectivity index (χ3n) is 3.28. The summed E-state index contributed by atoms with van der Waals surface area (Å²) in [5.74, 6) is 0. The maximum atomic E-state index is 9.51. The fourth-order valence-corrected chi connectivity index (χ4v) is 1.91. The van der Waals surface area contributed by atoms with Gasteiger partial charge >= 0.3 is 0 Å². The Labute approximate surface area is 107 Å². The standard InChI is InChI=1S/C13H31N3O/c1-13(2,3)12(14)11(10-17)16(6)9-7-8-15(4)5/h11-12,17H,7-10,14H2,1-6H3. The molecule has 0 saturated carbocycles. The summed E-state index contributed by atoms with van der Waals surface area (Å²) in [5, 5.41) is 9.51. The van der Waals surface area contributed by atoms with Crippen LogP contribution in [0.25, 0.3) is 0 Å². The SMILES string of the molecule is CN(C)CCCN(C)C(CO)C(N)C(C)(C)C. The van der Waals surface area contributed by atoms with E-state index in [1.807, 2.05) is 7.05 Å². The first kappa shape index (κ1) is 16.8. The highest BCUT2D eigenvalue weighted by molar-refractivity contribution is 4.88. The van der Waals surface area contributed by atoms with Gasteiger partial charge in [0.1, 0.15) is 0 Å². The molecule has 0 aliphatic heterocycles. The van der Waals surface area contributed by atoms with Gasteiger partial charge < -0.3 is 15.7 Å². The number of nitrogens with two attached hydrogens (primary N) is 1. The minimum absolute atomic E-state index is 0.0168. The number of nitrogens with zero attached hydrogens (tertiary/aromatic N) is 2. The summed E-state index contributed by atoms with van der Waals surface area (Å²) >= 11 is 0. The van der Waals surface area contributed by atoms with Crippen LogP contribution < -0.4 is 5.73 Å². The highest BCUT2D eigenvalue weighted by Crippen LogP contribution is 2.22. The summed E-state index contributed by atoms with van der Waals surface area (Å²) in [6.07, 6.45) is 1.09. The molecule has 0 aromatic rings. The van der Waals surface area contributed by atoms with E-state index in [1.165, 1.54) is 0 Å². The first-order chi connectivity index (χ1) is 7.70. The Morgan fingerprint density at radius 1 is 1.12 bits per heavy atom. The molecule has 4 nitrogen and oxygen atoms in total. The van der Waals surface area contributed by atoms with Crippen molar-refractivity contribution in [2.75, 3.05) is 40.8 Å². The molecule has 4 heteroatoms. The van der Waals surface area contributed by atoms with Gasteiger partial charge in [-0.1, -0.05) is 20.8 Å². The Bertz CT molecular complexity index is 201. The molecule has 0 bridgehead atoms. The van der Waals surface area contributed by atoms with Crippen molar-refractivity contribution in [1.29, 1.82) is 0 Å². The highest BCUT2D eigenvalue weighted by Gasteiger charge is 2.30. The summed E-state index contributed by atoms with van der Waals surface area (Å²) in [7, 11) is 6.19. The average molecular weight is 245 g/mol. The Balaban J connectivity index is 4.26. The van der Waals surface area contributed by atoms with Crippen molar-refractivity contribution in [2.24, 2.45) is 11.1 Å². The second-order valence-corrected chi connectivity index (χ2v) is 6.28. The van der Waals surface area contributed by atoms with Gasteiger partial charge in [-0.15, -0.1) is 0 Å². The summed E-state index contributed by atoms with van der Waals surface area (Å²) in [4.78, 5) is 4.35. The maximum Gasteiger partial charge on any atom is 0.0602 e. The molecule has 0 heterocycles. The smallest absolute Gasteiger partial charge is 0.0602 e. The van der Waals surface area contributed by atoms with Crippen LogP contribution in [0.15, 0.2) is 0 Å². The molecule has 0 aromatic heterocycles. The lowest BCUT2D eigenvalue weighted by atomic mass is 9.82. The Kier molecular flexibility index (Phi) is 7.24. The first-order valence-corrected chi connectivity index (χ1v) is 6.41. The van der Waals surface area contributed by atoms with Crippen molar-refractivity contribution < 1.29 is 5.11 Å². The van der Waals surface area contributed by atoms with E-state index < -0.39 is 0 Å². The van der Waals surface area contributed by atoms with Gasteiger partial charge in [0.15, 0.2) is 0 Å². The summed E-state index contributed by atoms with van der Waals surface area (Å²) in [6, 6.07) is 0.0222. The molecule has 3 N–H and O–H groups in total. The Morgan fingerprint density at radius 2 is 1.65 bits per heavy atom. The number of hydrogen-bond donors (Lipinski definition) is 2. The van der Waals surface area contributed by atoms with Gasteiger partial charge in [-0.25, -0.2) is 0 Å². The predicted octanol–water partition coefficient (Wildman–Crippen LogP) is 0.604. The van der Waals surface area contributed by atoms with Crippen molar-refractivity contribution in [3.8, 4) is 0 Å². The molecular weight excluding hydrogens is 214 g/mol. The lowest BCUT2D eigenvalue weighted by molar-refractivity contribution is 0.0867. The maximum absolute atomic E-state index is 9.51. The van der Waals surface area contributed by atoms with E-state index in [4.69, 9.17) is 5.73 Å². The molecule has 0 fully saturated rings. The number of hydrogen-bond acceptors (Lipinski definition) is 4. The van der Waals surface area contributed by atoms with Crippen LogP contribution >= 0.6 is 0 Å². The predicted molar refractivity (Wildman–Crippen MR) is 74.1 cm³/mol. The third-order valence-corrected chi connectivity index (χ3v) is 3.28. The summed E-state index contributed by atoms with van der Waals surface area (Å²) in [5.41, 5.74) is 6.24. The molecule has 0 aliphatic rings. The monoisotopic (exact) mass is 245 g/mol. The third kappa shape index (κ3) is 6.36. The zero-order valence-electron chi connectivity index (χ0n) is 12.4. The molecule has 2 atom stereocenters. The van der Waals surface area contributed by atoms with Crippen LogP contribution in [-0.2, 0) is 0 Å². The van der Waals surface area contributed by atoms with Crippen molar-refractivity contribution in [1.82, 2.24) is 9.80 Å². The van der Waals surface area contributed by atoms with Crippen LogP contribution in [-0.4, -0.2) is 67.8 Å². The van der Waals surface area contributed by atoms with Crippen LogP contribution in [0.4, 0.5) is 0 Å².